The van der Waals surface area contributed by atoms with Crippen LogP contribution in [-0.4, -0.2) is 36.3 Å². The fraction of sp³-hybridized carbons (Fsp3) is 0.700. The van der Waals surface area contributed by atoms with E-state index in [1.165, 1.54) is 6.92 Å². The number of rotatable bonds is 8. The molecule has 0 rings (SSSR count). The maximum absolute atomic E-state index is 11.2. The van der Waals surface area contributed by atoms with Gasteiger partial charge in [0.05, 0.1) is 6.04 Å². The molecule has 2 amide bonds. The van der Waals surface area contributed by atoms with Crippen LogP contribution in [0, 0.1) is 0 Å². The van der Waals surface area contributed by atoms with E-state index in [-0.39, 0.29) is 17.6 Å². The van der Waals surface area contributed by atoms with Crippen LogP contribution < -0.4 is 10.6 Å². The molecule has 0 saturated heterocycles. The summed E-state index contributed by atoms with van der Waals surface area (Å²) in [7, 11) is 0. The molecular weight excluding hydrogens is 283 g/mol. The number of alkyl halides is 1. The highest BCUT2D eigenvalue weighted by molar-refractivity contribution is 6.27. The lowest BCUT2D eigenvalue weighted by molar-refractivity contribution is -0.119. The lowest BCUT2D eigenvalue weighted by Crippen LogP contribution is -2.39. The largest absolute Gasteiger partial charge is 0.426 e. The van der Waals surface area contributed by atoms with Crippen molar-refractivity contribution in [3.05, 3.63) is 0 Å². The molecular formula is C10H16Cl2N2O4. The van der Waals surface area contributed by atoms with Crippen LogP contribution in [0.15, 0.2) is 0 Å². The minimum Gasteiger partial charge on any atom is -0.355 e. The Labute approximate surface area is 116 Å². The predicted molar refractivity (Wildman–Crippen MR) is 67.5 cm³/mol. The van der Waals surface area contributed by atoms with Crippen LogP contribution in [0.25, 0.3) is 0 Å². The zero-order valence-corrected chi connectivity index (χ0v) is 11.5. The number of Topliss-reactive ketones (excluding diaryl/α,β-unsaturated/α-hetero) is 1. The molecule has 104 valence electrons. The van der Waals surface area contributed by atoms with Crippen LogP contribution in [0.5, 0.6) is 0 Å². The van der Waals surface area contributed by atoms with Gasteiger partial charge in [0.2, 0.25) is 5.91 Å². The van der Waals surface area contributed by atoms with E-state index >= 15 is 0 Å². The second kappa shape index (κ2) is 9.96. The number of ketones is 1. The van der Waals surface area contributed by atoms with Crippen molar-refractivity contribution >= 4 is 41.3 Å². The first kappa shape index (κ1) is 17.0. The molecule has 0 aliphatic rings. The van der Waals surface area contributed by atoms with Crippen molar-refractivity contribution in [1.29, 1.82) is 0 Å². The molecule has 1 atom stereocenters. The van der Waals surface area contributed by atoms with Gasteiger partial charge < -0.3 is 14.9 Å². The van der Waals surface area contributed by atoms with Gasteiger partial charge in [-0.25, -0.2) is 4.79 Å². The van der Waals surface area contributed by atoms with Crippen molar-refractivity contribution in [1.82, 2.24) is 10.6 Å². The molecule has 0 saturated carbocycles. The quantitative estimate of drug-likeness (QED) is 0.523. The lowest BCUT2D eigenvalue weighted by atomic mass is 10.1. The standard InChI is InChI=1S/C10H16Cl2N2O4/c1-7(15)8(14-10(17)18-12)4-2-3-5-13-9(16)6-11/h8H,2-6H2,1H3,(H,13,16)(H,14,17)/t8-/m0/s1. The van der Waals surface area contributed by atoms with Gasteiger partial charge in [-0.2, -0.15) is 0 Å². The Kier molecular flexibility index (Phi) is 9.40. The van der Waals surface area contributed by atoms with E-state index in [0.29, 0.717) is 25.8 Å². The SMILES string of the molecule is CC(=O)[C@H](CCCCNC(=O)CCl)NC(=O)OCl. The van der Waals surface area contributed by atoms with Crippen molar-refractivity contribution in [2.75, 3.05) is 12.4 Å². The molecule has 0 aromatic heterocycles. The minimum atomic E-state index is -0.854. The number of unbranched alkanes of at least 4 members (excludes halogenated alkanes) is 1. The third kappa shape index (κ3) is 8.14. The number of carbonyl (C=O) groups excluding carboxylic acids is 3. The number of carbonyl (C=O) groups is 3. The van der Waals surface area contributed by atoms with Gasteiger partial charge in [0.25, 0.3) is 0 Å². The number of hydrogen-bond donors (Lipinski definition) is 2. The molecule has 0 unspecified atom stereocenters. The Bertz CT molecular complexity index is 300. The maximum Gasteiger partial charge on any atom is 0.426 e. The van der Waals surface area contributed by atoms with Gasteiger partial charge in [0, 0.05) is 6.54 Å². The van der Waals surface area contributed by atoms with Crippen LogP contribution in [0.4, 0.5) is 4.79 Å². The van der Waals surface area contributed by atoms with E-state index in [2.05, 4.69) is 14.9 Å². The van der Waals surface area contributed by atoms with E-state index in [1.807, 2.05) is 0 Å². The van der Waals surface area contributed by atoms with Gasteiger partial charge in [-0.3, -0.25) is 9.59 Å². The molecule has 18 heavy (non-hydrogen) atoms. The van der Waals surface area contributed by atoms with E-state index in [9.17, 15) is 14.4 Å². The Hall–Kier alpha value is -1.01. The van der Waals surface area contributed by atoms with E-state index in [1.54, 1.807) is 0 Å². The summed E-state index contributed by atoms with van der Waals surface area (Å²) in [4.78, 5) is 32.9. The van der Waals surface area contributed by atoms with Crippen molar-refractivity contribution in [3.63, 3.8) is 0 Å². The van der Waals surface area contributed by atoms with Gasteiger partial charge in [0.1, 0.15) is 17.7 Å². The van der Waals surface area contributed by atoms with Crippen molar-refractivity contribution < 1.29 is 18.7 Å². The normalized spacial score (nSPS) is 11.5. The average molecular weight is 299 g/mol. The molecule has 2 N–H and O–H groups in total. The zero-order valence-electron chi connectivity index (χ0n) is 10.0. The van der Waals surface area contributed by atoms with Crippen LogP contribution in [0.3, 0.4) is 0 Å². The molecule has 0 aromatic carbocycles. The summed E-state index contributed by atoms with van der Waals surface area (Å²) in [6, 6.07) is -0.625. The summed E-state index contributed by atoms with van der Waals surface area (Å²) >= 11 is 10.2. The molecule has 0 fully saturated rings. The summed E-state index contributed by atoms with van der Waals surface area (Å²) in [6.45, 7) is 1.85. The van der Waals surface area contributed by atoms with Gasteiger partial charge in [-0.1, -0.05) is 0 Å². The Morgan fingerprint density at radius 2 is 1.94 bits per heavy atom. The molecule has 0 heterocycles. The van der Waals surface area contributed by atoms with Crippen molar-refractivity contribution in [2.45, 2.75) is 32.2 Å². The second-order valence-corrected chi connectivity index (χ2v) is 4.07. The Morgan fingerprint density at radius 3 is 2.44 bits per heavy atom. The molecule has 0 aliphatic carbocycles. The maximum atomic E-state index is 11.2. The van der Waals surface area contributed by atoms with Gasteiger partial charge >= 0.3 is 6.09 Å². The second-order valence-electron chi connectivity index (χ2n) is 3.65. The molecule has 0 aromatic rings. The fourth-order valence-corrected chi connectivity index (χ4v) is 1.43. The van der Waals surface area contributed by atoms with E-state index in [0.717, 1.165) is 0 Å². The fourth-order valence-electron chi connectivity index (χ4n) is 1.29. The van der Waals surface area contributed by atoms with Gasteiger partial charge in [0.15, 0.2) is 5.78 Å². The molecule has 0 radical (unpaired) electrons. The highest BCUT2D eigenvalue weighted by Crippen LogP contribution is 2.02. The van der Waals surface area contributed by atoms with E-state index in [4.69, 9.17) is 23.5 Å². The summed E-state index contributed by atoms with van der Waals surface area (Å²) in [5, 5.41) is 4.92. The smallest absolute Gasteiger partial charge is 0.355 e. The van der Waals surface area contributed by atoms with Crippen molar-refractivity contribution in [3.8, 4) is 0 Å². The average Bonchev–Trinajstić information content (AvgIpc) is 2.35. The van der Waals surface area contributed by atoms with Gasteiger partial charge in [-0.15, -0.1) is 11.6 Å². The number of nitrogens with one attached hydrogen (secondary N) is 2. The third-order valence-corrected chi connectivity index (χ3v) is 2.60. The summed E-state index contributed by atoms with van der Waals surface area (Å²) in [6.07, 6.45) is 0.949. The molecule has 0 spiro atoms. The monoisotopic (exact) mass is 298 g/mol. The summed E-state index contributed by atoms with van der Waals surface area (Å²) < 4.78 is 3.90. The molecule has 6 nitrogen and oxygen atoms in total. The number of halogens is 2. The first-order valence-electron chi connectivity index (χ1n) is 5.43. The zero-order chi connectivity index (χ0) is 14.0. The molecule has 0 bridgehead atoms. The van der Waals surface area contributed by atoms with Crippen molar-refractivity contribution in [2.24, 2.45) is 0 Å². The highest BCUT2D eigenvalue weighted by atomic mass is 35.5. The minimum absolute atomic E-state index is 0.0702. The Morgan fingerprint density at radius 1 is 1.28 bits per heavy atom. The third-order valence-electron chi connectivity index (χ3n) is 2.22. The molecule has 8 heteroatoms. The highest BCUT2D eigenvalue weighted by Gasteiger charge is 2.17. The van der Waals surface area contributed by atoms with Gasteiger partial charge in [-0.05, 0) is 26.2 Å². The number of amides is 2. The summed E-state index contributed by atoms with van der Waals surface area (Å²) in [5.41, 5.74) is 0. The van der Waals surface area contributed by atoms with Crippen LogP contribution in [-0.2, 0) is 13.9 Å². The first-order valence-corrected chi connectivity index (χ1v) is 6.27. The number of hydrogen-bond acceptors (Lipinski definition) is 4. The van der Waals surface area contributed by atoms with Crippen LogP contribution in [0.2, 0.25) is 0 Å². The lowest BCUT2D eigenvalue weighted by Gasteiger charge is -2.13. The van der Waals surface area contributed by atoms with Crippen LogP contribution >= 0.6 is 23.5 Å². The first-order chi connectivity index (χ1) is 8.51. The predicted octanol–water partition coefficient (Wildman–Crippen LogP) is 1.35. The Balaban J connectivity index is 3.81. The van der Waals surface area contributed by atoms with Crippen LogP contribution in [0.1, 0.15) is 26.2 Å². The topological polar surface area (TPSA) is 84.5 Å². The van der Waals surface area contributed by atoms with E-state index < -0.39 is 12.1 Å². The molecule has 0 aliphatic heterocycles. The summed E-state index contributed by atoms with van der Waals surface area (Å²) in [5.74, 6) is -0.482.